The van der Waals surface area contributed by atoms with Crippen molar-refractivity contribution in [1.82, 2.24) is 4.31 Å². The van der Waals surface area contributed by atoms with Gasteiger partial charge in [-0.1, -0.05) is 37.9 Å². The third-order valence-electron chi connectivity index (χ3n) is 4.59. The quantitative estimate of drug-likeness (QED) is 0.760. The molecule has 1 aliphatic heterocycles. The van der Waals surface area contributed by atoms with Crippen molar-refractivity contribution in [2.75, 3.05) is 13.1 Å². The first-order valence-corrected chi connectivity index (χ1v) is 9.52. The van der Waals surface area contributed by atoms with E-state index in [1.165, 1.54) is 6.07 Å². The number of hydrogen-bond acceptors (Lipinski definition) is 2. The second kappa shape index (κ2) is 6.45. The summed E-state index contributed by atoms with van der Waals surface area (Å²) in [7, 11) is -3.46. The van der Waals surface area contributed by atoms with Gasteiger partial charge < -0.3 is 0 Å². The Labute approximate surface area is 137 Å². The number of benzene rings is 1. The van der Waals surface area contributed by atoms with Gasteiger partial charge in [-0.3, -0.25) is 0 Å². The van der Waals surface area contributed by atoms with Crippen molar-refractivity contribution >= 4 is 33.2 Å². The van der Waals surface area contributed by atoms with Crippen molar-refractivity contribution in [1.29, 1.82) is 0 Å². The lowest BCUT2D eigenvalue weighted by atomic mass is 9.79. The number of rotatable bonds is 4. The van der Waals surface area contributed by atoms with Crippen molar-refractivity contribution in [2.45, 2.75) is 43.9 Å². The fraction of sp³-hybridized carbons (Fsp3) is 0.600. The van der Waals surface area contributed by atoms with Crippen molar-refractivity contribution < 1.29 is 8.42 Å². The molecule has 118 valence electrons. The number of piperidine rings is 1. The molecule has 6 heteroatoms. The minimum absolute atomic E-state index is 0.251. The molecule has 1 saturated heterocycles. The third kappa shape index (κ3) is 3.55. The Morgan fingerprint density at radius 3 is 2.38 bits per heavy atom. The molecular weight excluding hydrogens is 329 g/mol. The van der Waals surface area contributed by atoms with Crippen LogP contribution in [0.3, 0.4) is 0 Å². The summed E-state index contributed by atoms with van der Waals surface area (Å²) in [5.41, 5.74) is 1.00. The fourth-order valence-corrected chi connectivity index (χ4v) is 4.65. The van der Waals surface area contributed by atoms with Crippen LogP contribution < -0.4 is 0 Å². The van der Waals surface area contributed by atoms with E-state index in [1.807, 2.05) is 0 Å². The first-order valence-electron chi connectivity index (χ1n) is 7.17. The van der Waals surface area contributed by atoms with Crippen LogP contribution in [-0.4, -0.2) is 25.8 Å². The van der Waals surface area contributed by atoms with Gasteiger partial charge in [0.2, 0.25) is 10.0 Å². The molecule has 0 saturated carbocycles. The second-order valence-electron chi connectivity index (χ2n) is 5.96. The van der Waals surface area contributed by atoms with Crippen LogP contribution in [0, 0.1) is 5.41 Å². The Morgan fingerprint density at radius 1 is 1.29 bits per heavy atom. The van der Waals surface area contributed by atoms with Crippen LogP contribution in [0.25, 0.3) is 0 Å². The molecule has 0 N–H and O–H groups in total. The lowest BCUT2D eigenvalue weighted by Crippen LogP contribution is -2.41. The van der Waals surface area contributed by atoms with Crippen LogP contribution in [0.4, 0.5) is 0 Å². The summed E-state index contributed by atoms with van der Waals surface area (Å²) in [6.45, 7) is 5.53. The molecule has 1 aromatic carbocycles. The minimum Gasteiger partial charge on any atom is -0.207 e. The molecule has 0 unspecified atom stereocenters. The molecule has 1 heterocycles. The number of hydrogen-bond donors (Lipinski definition) is 0. The normalized spacial score (nSPS) is 19.6. The van der Waals surface area contributed by atoms with Gasteiger partial charge in [0.25, 0.3) is 0 Å². The smallest absolute Gasteiger partial charge is 0.207 e. The van der Waals surface area contributed by atoms with Gasteiger partial charge in [-0.15, -0.1) is 11.6 Å². The molecule has 0 aliphatic carbocycles. The van der Waals surface area contributed by atoms with E-state index in [4.69, 9.17) is 23.2 Å². The number of sulfonamides is 1. The average molecular weight is 350 g/mol. The lowest BCUT2D eigenvalue weighted by Gasteiger charge is -2.38. The van der Waals surface area contributed by atoms with Gasteiger partial charge in [0, 0.05) is 24.0 Å². The molecule has 1 aliphatic rings. The van der Waals surface area contributed by atoms with E-state index in [1.54, 1.807) is 16.4 Å². The van der Waals surface area contributed by atoms with E-state index >= 15 is 0 Å². The fourth-order valence-electron chi connectivity index (χ4n) is 2.57. The van der Waals surface area contributed by atoms with Gasteiger partial charge in [-0.2, -0.15) is 4.31 Å². The van der Waals surface area contributed by atoms with Crippen LogP contribution >= 0.6 is 23.2 Å². The molecular formula is C15H21Cl2NO2S. The topological polar surface area (TPSA) is 37.4 Å². The Bertz CT molecular complexity index is 608. The molecule has 2 rings (SSSR count). The van der Waals surface area contributed by atoms with E-state index in [2.05, 4.69) is 13.8 Å². The molecule has 0 atom stereocenters. The summed E-state index contributed by atoms with van der Waals surface area (Å²) in [6, 6.07) is 4.77. The SMILES string of the molecule is CCC1(C)CCN(S(=O)(=O)c2ccc(CCl)c(Cl)c2)CC1. The maximum absolute atomic E-state index is 12.7. The molecule has 1 fully saturated rings. The predicted molar refractivity (Wildman–Crippen MR) is 87.4 cm³/mol. The zero-order chi connectivity index (χ0) is 15.7. The zero-order valence-electron chi connectivity index (χ0n) is 12.4. The molecule has 0 spiro atoms. The second-order valence-corrected chi connectivity index (χ2v) is 8.57. The van der Waals surface area contributed by atoms with Crippen LogP contribution in [0.2, 0.25) is 5.02 Å². The number of halogens is 2. The van der Waals surface area contributed by atoms with Crippen LogP contribution in [0.5, 0.6) is 0 Å². The first-order chi connectivity index (χ1) is 9.82. The van der Waals surface area contributed by atoms with E-state index in [-0.39, 0.29) is 16.2 Å². The molecule has 21 heavy (non-hydrogen) atoms. The highest BCUT2D eigenvalue weighted by Crippen LogP contribution is 2.36. The van der Waals surface area contributed by atoms with Gasteiger partial charge in [0.1, 0.15) is 0 Å². The maximum Gasteiger partial charge on any atom is 0.243 e. The van der Waals surface area contributed by atoms with Crippen LogP contribution in [0.15, 0.2) is 23.1 Å². The molecule has 3 nitrogen and oxygen atoms in total. The Morgan fingerprint density at radius 2 is 1.90 bits per heavy atom. The van der Waals surface area contributed by atoms with Crippen LogP contribution in [-0.2, 0) is 15.9 Å². The zero-order valence-corrected chi connectivity index (χ0v) is 14.7. The Balaban J connectivity index is 2.21. The van der Waals surface area contributed by atoms with Gasteiger partial charge in [0.05, 0.1) is 4.90 Å². The Kier molecular flexibility index (Phi) is 5.24. The largest absolute Gasteiger partial charge is 0.243 e. The maximum atomic E-state index is 12.7. The number of alkyl halides is 1. The molecule has 1 aromatic rings. The summed E-state index contributed by atoms with van der Waals surface area (Å²) in [6.07, 6.45) is 2.88. The summed E-state index contributed by atoms with van der Waals surface area (Å²) in [5.74, 6) is 0.276. The van der Waals surface area contributed by atoms with Gasteiger partial charge in [-0.05, 0) is 36.0 Å². The van der Waals surface area contributed by atoms with Crippen molar-refractivity contribution in [3.8, 4) is 0 Å². The van der Waals surface area contributed by atoms with Crippen molar-refractivity contribution in [3.63, 3.8) is 0 Å². The van der Waals surface area contributed by atoms with Gasteiger partial charge in [0.15, 0.2) is 0 Å². The summed E-state index contributed by atoms with van der Waals surface area (Å²) < 4.78 is 26.9. The van der Waals surface area contributed by atoms with Gasteiger partial charge in [-0.25, -0.2) is 8.42 Å². The highest BCUT2D eigenvalue weighted by atomic mass is 35.5. The first kappa shape index (κ1) is 17.1. The summed E-state index contributed by atoms with van der Waals surface area (Å²) >= 11 is 11.8. The molecule has 0 amide bonds. The summed E-state index contributed by atoms with van der Waals surface area (Å²) in [5, 5.41) is 0.404. The third-order valence-corrected chi connectivity index (χ3v) is 7.12. The van der Waals surface area contributed by atoms with Gasteiger partial charge >= 0.3 is 0 Å². The molecule has 0 aromatic heterocycles. The monoisotopic (exact) mass is 349 g/mol. The van der Waals surface area contributed by atoms with E-state index in [0.717, 1.165) is 24.8 Å². The standard InChI is InChI=1S/C15H21Cl2NO2S/c1-3-15(2)6-8-18(9-7-15)21(19,20)13-5-4-12(11-16)14(17)10-13/h4-5,10H,3,6-9,11H2,1-2H3. The highest BCUT2D eigenvalue weighted by Gasteiger charge is 2.34. The molecule has 0 bridgehead atoms. The Hall–Kier alpha value is -0.290. The average Bonchev–Trinajstić information content (AvgIpc) is 2.47. The van der Waals surface area contributed by atoms with E-state index < -0.39 is 10.0 Å². The van der Waals surface area contributed by atoms with Crippen molar-refractivity contribution in [2.24, 2.45) is 5.41 Å². The predicted octanol–water partition coefficient (Wildman–Crippen LogP) is 4.28. The summed E-state index contributed by atoms with van der Waals surface area (Å²) in [4.78, 5) is 0.251. The van der Waals surface area contributed by atoms with E-state index in [9.17, 15) is 8.42 Å². The number of nitrogens with zero attached hydrogens (tertiary/aromatic N) is 1. The van der Waals surface area contributed by atoms with E-state index in [0.29, 0.717) is 18.1 Å². The minimum atomic E-state index is -3.46. The van der Waals surface area contributed by atoms with Crippen LogP contribution in [0.1, 0.15) is 38.7 Å². The highest BCUT2D eigenvalue weighted by molar-refractivity contribution is 7.89. The lowest BCUT2D eigenvalue weighted by molar-refractivity contribution is 0.169. The molecule has 0 radical (unpaired) electrons. The van der Waals surface area contributed by atoms with Crippen molar-refractivity contribution in [3.05, 3.63) is 28.8 Å².